The van der Waals surface area contributed by atoms with Crippen LogP contribution in [0.25, 0.3) is 0 Å². The number of ether oxygens (including phenoxy) is 2. The van der Waals surface area contributed by atoms with E-state index in [1.54, 1.807) is 0 Å². The van der Waals surface area contributed by atoms with Gasteiger partial charge in [0.15, 0.2) is 0 Å². The van der Waals surface area contributed by atoms with E-state index in [9.17, 15) is 9.59 Å². The second kappa shape index (κ2) is 8.64. The van der Waals surface area contributed by atoms with Gasteiger partial charge in [-0.15, -0.1) is 0 Å². The van der Waals surface area contributed by atoms with E-state index in [2.05, 4.69) is 26.1 Å². The van der Waals surface area contributed by atoms with E-state index in [1.165, 1.54) is 12.7 Å². The molecule has 1 fully saturated rings. The normalized spacial score (nSPS) is 21.3. The van der Waals surface area contributed by atoms with Crippen LogP contribution >= 0.6 is 0 Å². The molecule has 1 unspecified atom stereocenters. The van der Waals surface area contributed by atoms with Gasteiger partial charge in [-0.2, -0.15) is 0 Å². The first-order valence-corrected chi connectivity index (χ1v) is 9.07. The molecule has 1 aliphatic rings. The number of hydrogen-bond donors (Lipinski definition) is 2. The summed E-state index contributed by atoms with van der Waals surface area (Å²) in [5.74, 6) is -0.586. The molecule has 1 saturated heterocycles. The van der Waals surface area contributed by atoms with Gasteiger partial charge in [0.25, 0.3) is 0 Å². The molecule has 1 aromatic carbocycles. The van der Waals surface area contributed by atoms with Gasteiger partial charge in [0.2, 0.25) is 5.91 Å². The minimum atomic E-state index is -0.516. The Balaban J connectivity index is 2.13. The Morgan fingerprint density at radius 2 is 1.92 bits per heavy atom. The van der Waals surface area contributed by atoms with Crippen molar-refractivity contribution in [3.63, 3.8) is 0 Å². The molecule has 0 aliphatic carbocycles. The predicted molar refractivity (Wildman–Crippen MR) is 99.6 cm³/mol. The van der Waals surface area contributed by atoms with Gasteiger partial charge in [0, 0.05) is 6.54 Å². The molecule has 1 aromatic rings. The Morgan fingerprint density at radius 1 is 1.27 bits per heavy atom. The zero-order chi connectivity index (χ0) is 19.3. The molecule has 6 nitrogen and oxygen atoms in total. The molecule has 0 spiro atoms. The fraction of sp³-hybridized carbons (Fsp3) is 0.600. The quantitative estimate of drug-likeness (QED) is 0.757. The standard InChI is InChI=1S/C20H30N2O4/c1-20(2,3)14-7-5-13(6-8-14)16(11-18(23)25-4)22-19(24)17-10-9-15(12-21)26-17/h5-8,15-17H,9-12,21H2,1-4H3,(H,22,24)/t15-,16?,17+/m1/s1. The van der Waals surface area contributed by atoms with Crippen LogP contribution in [0.2, 0.25) is 0 Å². The molecule has 0 aromatic heterocycles. The summed E-state index contributed by atoms with van der Waals surface area (Å²) in [6, 6.07) is 7.51. The number of carbonyl (C=O) groups is 2. The number of carbonyl (C=O) groups excluding carboxylic acids is 2. The topological polar surface area (TPSA) is 90.7 Å². The molecular weight excluding hydrogens is 332 g/mol. The average molecular weight is 362 g/mol. The summed E-state index contributed by atoms with van der Waals surface area (Å²) in [5, 5.41) is 2.94. The zero-order valence-corrected chi connectivity index (χ0v) is 16.1. The van der Waals surface area contributed by atoms with Crippen molar-refractivity contribution in [3.05, 3.63) is 35.4 Å². The number of esters is 1. The Hall–Kier alpha value is -1.92. The van der Waals surface area contributed by atoms with Gasteiger partial charge in [-0.3, -0.25) is 9.59 Å². The molecule has 1 amide bonds. The number of nitrogens with one attached hydrogen (secondary N) is 1. The predicted octanol–water partition coefficient (Wildman–Crippen LogP) is 2.21. The maximum atomic E-state index is 12.6. The maximum Gasteiger partial charge on any atom is 0.307 e. The molecule has 0 bridgehead atoms. The van der Waals surface area contributed by atoms with Crippen LogP contribution in [0.4, 0.5) is 0 Å². The third-order valence-electron chi connectivity index (χ3n) is 4.76. The molecule has 3 N–H and O–H groups in total. The van der Waals surface area contributed by atoms with Crippen molar-refractivity contribution in [3.8, 4) is 0 Å². The van der Waals surface area contributed by atoms with Crippen LogP contribution in [0.5, 0.6) is 0 Å². The molecule has 6 heteroatoms. The highest BCUT2D eigenvalue weighted by Crippen LogP contribution is 2.26. The first-order valence-electron chi connectivity index (χ1n) is 9.07. The minimum Gasteiger partial charge on any atom is -0.469 e. The second-order valence-corrected chi connectivity index (χ2v) is 7.77. The number of hydrogen-bond acceptors (Lipinski definition) is 5. The Bertz CT molecular complexity index is 622. The average Bonchev–Trinajstić information content (AvgIpc) is 3.09. The van der Waals surface area contributed by atoms with E-state index in [0.29, 0.717) is 13.0 Å². The third-order valence-corrected chi connectivity index (χ3v) is 4.76. The van der Waals surface area contributed by atoms with Crippen LogP contribution in [-0.2, 0) is 24.5 Å². The molecule has 3 atom stereocenters. The highest BCUT2D eigenvalue weighted by atomic mass is 16.5. The summed E-state index contributed by atoms with van der Waals surface area (Å²) in [4.78, 5) is 24.4. The number of rotatable bonds is 6. The lowest BCUT2D eigenvalue weighted by Crippen LogP contribution is -2.38. The summed E-state index contributed by atoms with van der Waals surface area (Å²) in [7, 11) is 1.34. The van der Waals surface area contributed by atoms with Crippen molar-refractivity contribution < 1.29 is 19.1 Å². The van der Waals surface area contributed by atoms with Crippen LogP contribution in [0.15, 0.2) is 24.3 Å². The lowest BCUT2D eigenvalue weighted by molar-refractivity contribution is -0.141. The van der Waals surface area contributed by atoms with Crippen molar-refractivity contribution in [2.24, 2.45) is 5.73 Å². The fourth-order valence-corrected chi connectivity index (χ4v) is 3.05. The molecule has 0 saturated carbocycles. The Kier molecular flexibility index (Phi) is 6.78. The van der Waals surface area contributed by atoms with E-state index >= 15 is 0 Å². The smallest absolute Gasteiger partial charge is 0.307 e. The summed E-state index contributed by atoms with van der Waals surface area (Å²) >= 11 is 0. The highest BCUT2D eigenvalue weighted by molar-refractivity contribution is 5.82. The van der Waals surface area contributed by atoms with Gasteiger partial charge >= 0.3 is 5.97 Å². The van der Waals surface area contributed by atoms with Crippen molar-refractivity contribution in [1.29, 1.82) is 0 Å². The number of methoxy groups -OCH3 is 1. The fourth-order valence-electron chi connectivity index (χ4n) is 3.05. The number of benzene rings is 1. The molecule has 1 heterocycles. The monoisotopic (exact) mass is 362 g/mol. The molecule has 26 heavy (non-hydrogen) atoms. The lowest BCUT2D eigenvalue weighted by atomic mass is 9.86. The van der Waals surface area contributed by atoms with Crippen LogP contribution in [0.3, 0.4) is 0 Å². The van der Waals surface area contributed by atoms with Crippen LogP contribution in [0.1, 0.15) is 57.2 Å². The lowest BCUT2D eigenvalue weighted by Gasteiger charge is -2.23. The molecule has 144 valence electrons. The van der Waals surface area contributed by atoms with E-state index < -0.39 is 12.1 Å². The molecule has 0 radical (unpaired) electrons. The second-order valence-electron chi connectivity index (χ2n) is 7.77. The van der Waals surface area contributed by atoms with Crippen molar-refractivity contribution in [2.75, 3.05) is 13.7 Å². The molecule has 2 rings (SSSR count). The largest absolute Gasteiger partial charge is 0.469 e. The van der Waals surface area contributed by atoms with Gasteiger partial charge in [0.05, 0.1) is 25.7 Å². The highest BCUT2D eigenvalue weighted by Gasteiger charge is 2.31. The van der Waals surface area contributed by atoms with E-state index in [-0.39, 0.29) is 29.8 Å². The van der Waals surface area contributed by atoms with Crippen LogP contribution in [0, 0.1) is 0 Å². The summed E-state index contributed by atoms with van der Waals surface area (Å²) < 4.78 is 10.4. The summed E-state index contributed by atoms with van der Waals surface area (Å²) in [6.45, 7) is 6.83. The number of nitrogens with two attached hydrogens (primary N) is 1. The van der Waals surface area contributed by atoms with Gasteiger partial charge in [-0.05, 0) is 29.4 Å². The Labute approximate surface area is 155 Å². The van der Waals surface area contributed by atoms with Crippen molar-refractivity contribution >= 4 is 11.9 Å². The number of amides is 1. The summed E-state index contributed by atoms with van der Waals surface area (Å²) in [5.41, 5.74) is 7.69. The van der Waals surface area contributed by atoms with Crippen molar-refractivity contribution in [2.45, 2.75) is 63.7 Å². The molecular formula is C20H30N2O4. The first-order chi connectivity index (χ1) is 12.2. The first kappa shape index (κ1) is 20.4. The molecule has 1 aliphatic heterocycles. The Morgan fingerprint density at radius 3 is 2.42 bits per heavy atom. The summed E-state index contributed by atoms with van der Waals surface area (Å²) in [6.07, 6.45) is 0.899. The minimum absolute atomic E-state index is 0.0363. The van der Waals surface area contributed by atoms with Gasteiger partial charge in [0.1, 0.15) is 6.10 Å². The van der Waals surface area contributed by atoms with Gasteiger partial charge in [-0.25, -0.2) is 0 Å². The SMILES string of the molecule is COC(=O)CC(NC(=O)[C@@H]1CC[C@H](CN)O1)c1ccc(C(C)(C)C)cc1. The zero-order valence-electron chi connectivity index (χ0n) is 16.1. The van der Waals surface area contributed by atoms with Crippen molar-refractivity contribution in [1.82, 2.24) is 5.32 Å². The van der Waals surface area contributed by atoms with E-state index in [0.717, 1.165) is 12.0 Å². The van der Waals surface area contributed by atoms with E-state index in [1.807, 2.05) is 24.3 Å². The van der Waals surface area contributed by atoms with Gasteiger partial charge < -0.3 is 20.5 Å². The van der Waals surface area contributed by atoms with Crippen LogP contribution < -0.4 is 11.1 Å². The third kappa shape index (κ3) is 5.29. The van der Waals surface area contributed by atoms with Gasteiger partial charge in [-0.1, -0.05) is 45.0 Å². The van der Waals surface area contributed by atoms with E-state index in [4.69, 9.17) is 15.2 Å². The van der Waals surface area contributed by atoms with Crippen LogP contribution in [-0.4, -0.2) is 37.7 Å². The maximum absolute atomic E-state index is 12.6.